The molecule has 4 heteroatoms. The first kappa shape index (κ1) is 14.2. The van der Waals surface area contributed by atoms with Crippen molar-refractivity contribution in [2.24, 2.45) is 5.92 Å². The summed E-state index contributed by atoms with van der Waals surface area (Å²) in [7, 11) is 0. The Bertz CT molecular complexity index is 364. The minimum Gasteiger partial charge on any atom is -0.491 e. The number of anilines is 1. The van der Waals surface area contributed by atoms with E-state index in [4.69, 9.17) is 19.9 Å². The lowest BCUT2D eigenvalue weighted by Gasteiger charge is -2.21. The summed E-state index contributed by atoms with van der Waals surface area (Å²) >= 11 is 0. The molecule has 1 aromatic carbocycles. The predicted octanol–water partition coefficient (Wildman–Crippen LogP) is 2.48. The second kappa shape index (κ2) is 8.02. The van der Waals surface area contributed by atoms with Crippen LogP contribution >= 0.6 is 0 Å². The van der Waals surface area contributed by atoms with Crippen LogP contribution < -0.4 is 10.5 Å². The van der Waals surface area contributed by atoms with Crippen molar-refractivity contribution in [1.29, 1.82) is 0 Å². The lowest BCUT2D eigenvalue weighted by Crippen LogP contribution is -2.20. The molecular formula is C15H23NO3. The SMILES string of the molecule is Nc1ccccc1OCCCOCC1CCOCC1. The van der Waals surface area contributed by atoms with Crippen molar-refractivity contribution in [3.05, 3.63) is 24.3 Å². The van der Waals surface area contributed by atoms with Crippen molar-refractivity contribution in [3.8, 4) is 5.75 Å². The van der Waals surface area contributed by atoms with Gasteiger partial charge in [0.2, 0.25) is 0 Å². The smallest absolute Gasteiger partial charge is 0.142 e. The topological polar surface area (TPSA) is 53.7 Å². The fourth-order valence-corrected chi connectivity index (χ4v) is 2.12. The molecule has 0 unspecified atom stereocenters. The average Bonchev–Trinajstić information content (AvgIpc) is 2.45. The molecule has 1 saturated heterocycles. The van der Waals surface area contributed by atoms with Crippen molar-refractivity contribution >= 4 is 5.69 Å². The zero-order valence-corrected chi connectivity index (χ0v) is 11.3. The largest absolute Gasteiger partial charge is 0.491 e. The molecule has 106 valence electrons. The van der Waals surface area contributed by atoms with E-state index in [1.807, 2.05) is 24.3 Å². The molecule has 1 fully saturated rings. The van der Waals surface area contributed by atoms with E-state index in [0.717, 1.165) is 51.4 Å². The molecule has 1 aromatic rings. The van der Waals surface area contributed by atoms with Gasteiger partial charge < -0.3 is 19.9 Å². The van der Waals surface area contributed by atoms with Crippen LogP contribution in [-0.4, -0.2) is 33.0 Å². The van der Waals surface area contributed by atoms with E-state index in [0.29, 0.717) is 18.2 Å². The van der Waals surface area contributed by atoms with Crippen molar-refractivity contribution in [2.75, 3.05) is 38.8 Å². The number of rotatable bonds is 7. The standard InChI is InChI=1S/C15H23NO3/c16-14-4-1-2-5-15(14)19-9-3-8-18-12-13-6-10-17-11-7-13/h1-2,4-5,13H,3,6-12,16H2. The highest BCUT2D eigenvalue weighted by Gasteiger charge is 2.13. The molecule has 0 amide bonds. The predicted molar refractivity (Wildman–Crippen MR) is 75.3 cm³/mol. The molecule has 0 aromatic heterocycles. The Hall–Kier alpha value is -1.26. The second-order valence-electron chi connectivity index (χ2n) is 4.87. The summed E-state index contributed by atoms with van der Waals surface area (Å²) in [6.07, 6.45) is 3.13. The fraction of sp³-hybridized carbons (Fsp3) is 0.600. The maximum atomic E-state index is 5.79. The number of hydrogen-bond acceptors (Lipinski definition) is 4. The van der Waals surface area contributed by atoms with Gasteiger partial charge in [-0.2, -0.15) is 0 Å². The lowest BCUT2D eigenvalue weighted by molar-refractivity contribution is 0.0183. The maximum absolute atomic E-state index is 5.79. The van der Waals surface area contributed by atoms with E-state index in [9.17, 15) is 0 Å². The summed E-state index contributed by atoms with van der Waals surface area (Å²) in [6.45, 7) is 3.98. The monoisotopic (exact) mass is 265 g/mol. The first-order chi connectivity index (χ1) is 9.36. The Kier molecular flexibility index (Phi) is 5.98. The van der Waals surface area contributed by atoms with Crippen molar-refractivity contribution < 1.29 is 14.2 Å². The molecule has 1 aliphatic heterocycles. The van der Waals surface area contributed by atoms with E-state index in [2.05, 4.69) is 0 Å². The lowest BCUT2D eigenvalue weighted by atomic mass is 10.0. The summed E-state index contributed by atoms with van der Waals surface area (Å²) in [6, 6.07) is 7.56. The van der Waals surface area contributed by atoms with Gasteiger partial charge in [0.05, 0.1) is 12.3 Å². The highest BCUT2D eigenvalue weighted by Crippen LogP contribution is 2.19. The molecule has 0 atom stereocenters. The van der Waals surface area contributed by atoms with Gasteiger partial charge >= 0.3 is 0 Å². The third-order valence-corrected chi connectivity index (χ3v) is 3.30. The van der Waals surface area contributed by atoms with Crippen molar-refractivity contribution in [1.82, 2.24) is 0 Å². The molecule has 0 saturated carbocycles. The first-order valence-corrected chi connectivity index (χ1v) is 6.99. The van der Waals surface area contributed by atoms with Crippen LogP contribution in [0.5, 0.6) is 5.75 Å². The molecule has 2 N–H and O–H groups in total. The fourth-order valence-electron chi connectivity index (χ4n) is 2.12. The summed E-state index contributed by atoms with van der Waals surface area (Å²) in [5.74, 6) is 1.42. The molecule has 1 heterocycles. The summed E-state index contributed by atoms with van der Waals surface area (Å²) < 4.78 is 16.6. The Labute approximate surface area is 114 Å². The number of nitrogen functional groups attached to an aromatic ring is 1. The van der Waals surface area contributed by atoms with Crippen LogP contribution in [0.25, 0.3) is 0 Å². The molecule has 2 rings (SSSR count). The van der Waals surface area contributed by atoms with Crippen molar-refractivity contribution in [3.63, 3.8) is 0 Å². The number of ether oxygens (including phenoxy) is 3. The molecule has 0 radical (unpaired) electrons. The normalized spacial score (nSPS) is 16.4. The highest BCUT2D eigenvalue weighted by molar-refractivity contribution is 5.51. The Morgan fingerprint density at radius 2 is 1.95 bits per heavy atom. The van der Waals surface area contributed by atoms with Gasteiger partial charge in [0.15, 0.2) is 0 Å². The second-order valence-corrected chi connectivity index (χ2v) is 4.87. The van der Waals surface area contributed by atoms with Crippen molar-refractivity contribution in [2.45, 2.75) is 19.3 Å². The molecule has 4 nitrogen and oxygen atoms in total. The van der Waals surface area contributed by atoms with Crippen LogP contribution in [0.3, 0.4) is 0 Å². The first-order valence-electron chi connectivity index (χ1n) is 6.99. The number of nitrogens with two attached hydrogens (primary N) is 1. The van der Waals surface area contributed by atoms with E-state index in [-0.39, 0.29) is 0 Å². The van der Waals surface area contributed by atoms with Crippen LogP contribution in [0.1, 0.15) is 19.3 Å². The van der Waals surface area contributed by atoms with Crippen LogP contribution in [0, 0.1) is 5.92 Å². The van der Waals surface area contributed by atoms with Crippen LogP contribution in [-0.2, 0) is 9.47 Å². The summed E-state index contributed by atoms with van der Waals surface area (Å²) in [4.78, 5) is 0. The Balaban J connectivity index is 1.51. The van der Waals surface area contributed by atoms with Gasteiger partial charge in [0.1, 0.15) is 5.75 Å². The highest BCUT2D eigenvalue weighted by atomic mass is 16.5. The van der Waals surface area contributed by atoms with E-state index < -0.39 is 0 Å². The Morgan fingerprint density at radius 1 is 1.16 bits per heavy atom. The van der Waals surface area contributed by atoms with Crippen LogP contribution in [0.4, 0.5) is 5.69 Å². The van der Waals surface area contributed by atoms with Gasteiger partial charge in [-0.3, -0.25) is 0 Å². The molecule has 0 aliphatic carbocycles. The minimum atomic E-state index is 0.641. The molecule has 1 aliphatic rings. The number of para-hydroxylation sites is 2. The van der Waals surface area contributed by atoms with E-state index >= 15 is 0 Å². The van der Waals surface area contributed by atoms with Gasteiger partial charge in [-0.05, 0) is 30.9 Å². The molecule has 0 bridgehead atoms. The number of hydrogen-bond donors (Lipinski definition) is 1. The average molecular weight is 265 g/mol. The van der Waals surface area contributed by atoms with Crippen LogP contribution in [0.15, 0.2) is 24.3 Å². The van der Waals surface area contributed by atoms with Gasteiger partial charge in [0, 0.05) is 32.8 Å². The maximum Gasteiger partial charge on any atom is 0.142 e. The minimum absolute atomic E-state index is 0.641. The summed E-state index contributed by atoms with van der Waals surface area (Å²) in [5.41, 5.74) is 6.48. The number of benzene rings is 1. The molecular weight excluding hydrogens is 242 g/mol. The molecule has 19 heavy (non-hydrogen) atoms. The zero-order valence-electron chi connectivity index (χ0n) is 11.3. The molecule has 0 spiro atoms. The summed E-state index contributed by atoms with van der Waals surface area (Å²) in [5, 5.41) is 0. The van der Waals surface area contributed by atoms with Crippen LogP contribution in [0.2, 0.25) is 0 Å². The Morgan fingerprint density at radius 3 is 2.74 bits per heavy atom. The zero-order chi connectivity index (χ0) is 13.3. The van der Waals surface area contributed by atoms with Gasteiger partial charge in [0.25, 0.3) is 0 Å². The van der Waals surface area contributed by atoms with Gasteiger partial charge in [-0.15, -0.1) is 0 Å². The third kappa shape index (κ3) is 5.09. The quantitative estimate of drug-likeness (QED) is 0.608. The van der Waals surface area contributed by atoms with E-state index in [1.165, 1.54) is 0 Å². The van der Waals surface area contributed by atoms with Gasteiger partial charge in [-0.25, -0.2) is 0 Å². The third-order valence-electron chi connectivity index (χ3n) is 3.30. The van der Waals surface area contributed by atoms with Gasteiger partial charge in [-0.1, -0.05) is 12.1 Å². The van der Waals surface area contributed by atoms with E-state index in [1.54, 1.807) is 0 Å².